The monoisotopic (exact) mass is 267 g/mol. The highest BCUT2D eigenvalue weighted by molar-refractivity contribution is 7.20. The second-order valence-electron chi connectivity index (χ2n) is 3.86. The number of thiophene rings is 1. The molecule has 1 aromatic heterocycles. The molecule has 0 aliphatic heterocycles. The maximum absolute atomic E-state index is 13.5. The lowest BCUT2D eigenvalue weighted by atomic mass is 10.2. The van der Waals surface area contributed by atoms with E-state index in [1.807, 2.05) is 6.07 Å². The largest absolute Gasteiger partial charge is 0.385 e. The average molecular weight is 267 g/mol. The third-order valence-corrected chi connectivity index (χ3v) is 3.64. The van der Waals surface area contributed by atoms with Crippen LogP contribution in [0.15, 0.2) is 24.3 Å². The molecule has 0 bridgehead atoms. The van der Waals surface area contributed by atoms with Crippen LogP contribution in [0.5, 0.6) is 0 Å². The fraction of sp³-hybridized carbons (Fsp3) is 0.308. The Kier molecular flexibility index (Phi) is 4.28. The number of hydrogen-bond acceptors (Lipinski definition) is 3. The van der Waals surface area contributed by atoms with E-state index >= 15 is 0 Å². The number of halogens is 1. The molecule has 0 spiro atoms. The summed E-state index contributed by atoms with van der Waals surface area (Å²) in [5.74, 6) is -0.450. The van der Waals surface area contributed by atoms with Crippen LogP contribution in [0.4, 0.5) is 4.39 Å². The van der Waals surface area contributed by atoms with Crippen molar-refractivity contribution >= 4 is 27.3 Å². The van der Waals surface area contributed by atoms with Gasteiger partial charge in [0.1, 0.15) is 5.82 Å². The molecule has 0 saturated heterocycles. The average Bonchev–Trinajstić information content (AvgIpc) is 2.80. The summed E-state index contributed by atoms with van der Waals surface area (Å²) in [5.41, 5.74) is 0. The van der Waals surface area contributed by atoms with Crippen LogP contribution in [0.2, 0.25) is 0 Å². The highest BCUT2D eigenvalue weighted by Gasteiger charge is 2.11. The van der Waals surface area contributed by atoms with Gasteiger partial charge in [-0.15, -0.1) is 11.3 Å². The molecule has 0 radical (unpaired) electrons. The topological polar surface area (TPSA) is 38.3 Å². The zero-order valence-electron chi connectivity index (χ0n) is 10.0. The van der Waals surface area contributed by atoms with Gasteiger partial charge in [0.05, 0.1) is 4.88 Å². The van der Waals surface area contributed by atoms with Crippen molar-refractivity contribution in [2.24, 2.45) is 0 Å². The number of hydrogen-bond donors (Lipinski definition) is 1. The summed E-state index contributed by atoms with van der Waals surface area (Å²) in [4.78, 5) is 12.4. The molecule has 1 amide bonds. The molecule has 5 heteroatoms. The minimum absolute atomic E-state index is 0.160. The van der Waals surface area contributed by atoms with Crippen LogP contribution in [0, 0.1) is 5.82 Å². The molecule has 1 heterocycles. The van der Waals surface area contributed by atoms with Gasteiger partial charge in [0.25, 0.3) is 5.91 Å². The molecule has 0 fully saturated rings. The molecule has 2 aromatic rings. The minimum Gasteiger partial charge on any atom is -0.385 e. The third-order valence-electron chi connectivity index (χ3n) is 2.54. The summed E-state index contributed by atoms with van der Waals surface area (Å²) in [7, 11) is 1.62. The van der Waals surface area contributed by atoms with Crippen molar-refractivity contribution in [3.05, 3.63) is 35.0 Å². The Hall–Kier alpha value is -1.46. The first-order valence-electron chi connectivity index (χ1n) is 5.67. The molecule has 0 atom stereocenters. The van der Waals surface area contributed by atoms with Crippen LogP contribution in [0.1, 0.15) is 16.1 Å². The fourth-order valence-electron chi connectivity index (χ4n) is 1.64. The standard InChI is InChI=1S/C13H14FNO2S/c1-17-7-3-6-15-13(16)12-8-9-10(14)4-2-5-11(9)18-12/h2,4-5,8H,3,6-7H2,1H3,(H,15,16). The van der Waals surface area contributed by atoms with Crippen LogP contribution in [0.25, 0.3) is 10.1 Å². The van der Waals surface area contributed by atoms with Crippen LogP contribution in [-0.4, -0.2) is 26.2 Å². The van der Waals surface area contributed by atoms with Gasteiger partial charge in [-0.25, -0.2) is 4.39 Å². The number of methoxy groups -OCH3 is 1. The zero-order valence-corrected chi connectivity index (χ0v) is 10.8. The number of rotatable bonds is 5. The van der Waals surface area contributed by atoms with Crippen molar-refractivity contribution in [2.45, 2.75) is 6.42 Å². The van der Waals surface area contributed by atoms with E-state index in [1.54, 1.807) is 19.2 Å². The maximum Gasteiger partial charge on any atom is 0.261 e. The first kappa shape index (κ1) is 13.0. The van der Waals surface area contributed by atoms with Gasteiger partial charge in [0.15, 0.2) is 0 Å². The van der Waals surface area contributed by atoms with Gasteiger partial charge < -0.3 is 10.1 Å². The van der Waals surface area contributed by atoms with Crippen molar-refractivity contribution in [1.82, 2.24) is 5.32 Å². The molecule has 3 nitrogen and oxygen atoms in total. The van der Waals surface area contributed by atoms with Crippen molar-refractivity contribution in [2.75, 3.05) is 20.3 Å². The number of nitrogens with one attached hydrogen (secondary N) is 1. The molecule has 1 aromatic carbocycles. The summed E-state index contributed by atoms with van der Waals surface area (Å²) in [6.07, 6.45) is 0.765. The Labute approximate surface area is 109 Å². The van der Waals surface area contributed by atoms with Gasteiger partial charge in [-0.05, 0) is 24.6 Å². The molecule has 0 saturated carbocycles. The zero-order chi connectivity index (χ0) is 13.0. The highest BCUT2D eigenvalue weighted by atomic mass is 32.1. The number of carbonyl (C=O) groups is 1. The Morgan fingerprint density at radius 1 is 1.50 bits per heavy atom. The van der Waals surface area contributed by atoms with Crippen molar-refractivity contribution < 1.29 is 13.9 Å². The van der Waals surface area contributed by atoms with Gasteiger partial charge in [0.2, 0.25) is 0 Å². The van der Waals surface area contributed by atoms with Gasteiger partial charge in [-0.2, -0.15) is 0 Å². The van der Waals surface area contributed by atoms with E-state index in [-0.39, 0.29) is 11.7 Å². The summed E-state index contributed by atoms with van der Waals surface area (Å²) in [6, 6.07) is 6.45. The van der Waals surface area contributed by atoms with Crippen LogP contribution in [-0.2, 0) is 4.74 Å². The maximum atomic E-state index is 13.5. The molecule has 0 aliphatic carbocycles. The second-order valence-corrected chi connectivity index (χ2v) is 4.95. The summed E-state index contributed by atoms with van der Waals surface area (Å²) < 4.78 is 19.2. The first-order chi connectivity index (χ1) is 8.72. The first-order valence-corrected chi connectivity index (χ1v) is 6.49. The lowest BCUT2D eigenvalue weighted by Gasteiger charge is -2.02. The van der Waals surface area contributed by atoms with Gasteiger partial charge in [-0.1, -0.05) is 6.07 Å². The molecular formula is C13H14FNO2S. The van der Waals surface area contributed by atoms with Crippen LogP contribution < -0.4 is 5.32 Å². The Bertz CT molecular complexity index is 553. The van der Waals surface area contributed by atoms with Gasteiger partial charge >= 0.3 is 0 Å². The quantitative estimate of drug-likeness (QED) is 0.846. The van der Waals surface area contributed by atoms with Gasteiger partial charge in [-0.3, -0.25) is 4.79 Å². The molecule has 18 heavy (non-hydrogen) atoms. The van der Waals surface area contributed by atoms with E-state index in [1.165, 1.54) is 17.4 Å². The molecule has 96 valence electrons. The Balaban J connectivity index is 2.06. The number of carbonyl (C=O) groups excluding carboxylic acids is 1. The summed E-state index contributed by atoms with van der Waals surface area (Å²) in [5, 5.41) is 3.29. The van der Waals surface area contributed by atoms with E-state index in [0.29, 0.717) is 23.4 Å². The Morgan fingerprint density at radius 2 is 2.33 bits per heavy atom. The fourth-order valence-corrected chi connectivity index (χ4v) is 2.63. The van der Waals surface area contributed by atoms with Crippen molar-refractivity contribution in [1.29, 1.82) is 0 Å². The predicted octanol–water partition coefficient (Wildman–Crippen LogP) is 2.81. The normalized spacial score (nSPS) is 10.8. The smallest absolute Gasteiger partial charge is 0.261 e. The SMILES string of the molecule is COCCCNC(=O)c1cc2c(F)cccc2s1. The van der Waals surface area contributed by atoms with E-state index in [4.69, 9.17) is 4.74 Å². The van der Waals surface area contributed by atoms with Gasteiger partial charge in [0, 0.05) is 30.3 Å². The van der Waals surface area contributed by atoms with E-state index < -0.39 is 0 Å². The third kappa shape index (κ3) is 2.86. The lowest BCUT2D eigenvalue weighted by molar-refractivity contribution is 0.0952. The second kappa shape index (κ2) is 5.93. The number of ether oxygens (including phenoxy) is 1. The highest BCUT2D eigenvalue weighted by Crippen LogP contribution is 2.27. The van der Waals surface area contributed by atoms with E-state index in [0.717, 1.165) is 11.1 Å². The number of fused-ring (bicyclic) bond motifs is 1. The summed E-state index contributed by atoms with van der Waals surface area (Å²) in [6.45, 7) is 1.17. The van der Waals surface area contributed by atoms with Crippen LogP contribution >= 0.6 is 11.3 Å². The van der Waals surface area contributed by atoms with Crippen molar-refractivity contribution in [3.63, 3.8) is 0 Å². The minimum atomic E-state index is -0.290. The number of benzene rings is 1. The molecule has 2 rings (SSSR count). The predicted molar refractivity (Wildman–Crippen MR) is 70.6 cm³/mol. The lowest BCUT2D eigenvalue weighted by Crippen LogP contribution is -2.24. The summed E-state index contributed by atoms with van der Waals surface area (Å²) >= 11 is 1.30. The van der Waals surface area contributed by atoms with E-state index in [9.17, 15) is 9.18 Å². The van der Waals surface area contributed by atoms with Crippen molar-refractivity contribution in [3.8, 4) is 0 Å². The Morgan fingerprint density at radius 3 is 3.06 bits per heavy atom. The van der Waals surface area contributed by atoms with Crippen LogP contribution in [0.3, 0.4) is 0 Å². The molecule has 1 N–H and O–H groups in total. The molecule has 0 unspecified atom stereocenters. The van der Waals surface area contributed by atoms with E-state index in [2.05, 4.69) is 5.32 Å². The number of amides is 1. The molecular weight excluding hydrogens is 253 g/mol. The molecule has 0 aliphatic rings.